The standard InChI is InChI=1S/C27H29N3O/c1-29-17-18-30(21-29)23-10-8-12-25(20-23)31-24-11-7-9-22(19-24)27(14-4-2-5-15-27)26-13-3-6-16-28-26/h3,6-13,16-20H,2,4-5,14-15,21H2,1H3. The van der Waals surface area contributed by atoms with Gasteiger partial charge in [-0.25, -0.2) is 0 Å². The van der Waals surface area contributed by atoms with E-state index in [4.69, 9.17) is 9.72 Å². The molecule has 3 aromatic rings. The third-order valence-electron chi connectivity index (χ3n) is 6.51. The predicted molar refractivity (Wildman–Crippen MR) is 125 cm³/mol. The fraction of sp³-hybridized carbons (Fsp3) is 0.296. The average Bonchev–Trinajstić information content (AvgIpc) is 3.27. The predicted octanol–water partition coefficient (Wildman–Crippen LogP) is 6.30. The van der Waals surface area contributed by atoms with Crippen LogP contribution in [0.15, 0.2) is 85.3 Å². The number of anilines is 1. The van der Waals surface area contributed by atoms with Crippen molar-refractivity contribution < 1.29 is 4.74 Å². The number of ether oxygens (including phenoxy) is 1. The molecule has 2 aromatic carbocycles. The second kappa shape index (κ2) is 8.46. The van der Waals surface area contributed by atoms with Crippen molar-refractivity contribution in [3.05, 3.63) is 96.6 Å². The highest BCUT2D eigenvalue weighted by atomic mass is 16.5. The maximum absolute atomic E-state index is 6.33. The summed E-state index contributed by atoms with van der Waals surface area (Å²) in [5.41, 5.74) is 3.60. The van der Waals surface area contributed by atoms with Crippen LogP contribution in [0.5, 0.6) is 11.5 Å². The van der Waals surface area contributed by atoms with Crippen molar-refractivity contribution in [2.24, 2.45) is 0 Å². The molecule has 2 aliphatic rings. The van der Waals surface area contributed by atoms with Gasteiger partial charge < -0.3 is 14.5 Å². The molecule has 0 radical (unpaired) electrons. The normalized spacial score (nSPS) is 17.7. The van der Waals surface area contributed by atoms with E-state index in [1.165, 1.54) is 30.5 Å². The molecule has 1 aromatic heterocycles. The van der Waals surface area contributed by atoms with Crippen LogP contribution in [-0.2, 0) is 5.41 Å². The number of nitrogens with zero attached hydrogens (tertiary/aromatic N) is 3. The summed E-state index contributed by atoms with van der Waals surface area (Å²) >= 11 is 0. The Bertz CT molecular complexity index is 1060. The van der Waals surface area contributed by atoms with Gasteiger partial charge in [-0.3, -0.25) is 4.98 Å². The summed E-state index contributed by atoms with van der Waals surface area (Å²) in [6.45, 7) is 0.853. The van der Waals surface area contributed by atoms with E-state index in [-0.39, 0.29) is 5.41 Å². The van der Waals surface area contributed by atoms with Gasteiger partial charge >= 0.3 is 0 Å². The Morgan fingerprint density at radius 3 is 2.39 bits per heavy atom. The van der Waals surface area contributed by atoms with Crippen LogP contribution >= 0.6 is 0 Å². The Morgan fingerprint density at radius 1 is 0.839 bits per heavy atom. The number of hydrogen-bond donors (Lipinski definition) is 0. The van der Waals surface area contributed by atoms with E-state index >= 15 is 0 Å². The lowest BCUT2D eigenvalue weighted by Crippen LogP contribution is -2.31. The van der Waals surface area contributed by atoms with Crippen LogP contribution in [0.4, 0.5) is 5.69 Å². The molecule has 1 aliphatic heterocycles. The van der Waals surface area contributed by atoms with Gasteiger partial charge in [0, 0.05) is 42.8 Å². The van der Waals surface area contributed by atoms with Gasteiger partial charge in [-0.1, -0.05) is 43.5 Å². The monoisotopic (exact) mass is 411 g/mol. The lowest BCUT2D eigenvalue weighted by atomic mass is 9.67. The number of aromatic nitrogens is 1. The Morgan fingerprint density at radius 2 is 1.65 bits per heavy atom. The SMILES string of the molecule is CN1C=CN(c2cccc(Oc3cccc(C4(c5ccccn5)CCCCC4)c3)c2)C1. The lowest BCUT2D eigenvalue weighted by molar-refractivity contribution is 0.337. The smallest absolute Gasteiger partial charge is 0.129 e. The number of pyridine rings is 1. The second-order valence-corrected chi connectivity index (χ2v) is 8.65. The fourth-order valence-corrected chi connectivity index (χ4v) is 4.91. The molecule has 0 atom stereocenters. The molecular weight excluding hydrogens is 382 g/mol. The Hall–Kier alpha value is -3.27. The summed E-state index contributed by atoms with van der Waals surface area (Å²) in [4.78, 5) is 9.13. The number of rotatable bonds is 5. The minimum atomic E-state index is -0.0222. The van der Waals surface area contributed by atoms with Crippen molar-refractivity contribution in [3.8, 4) is 11.5 Å². The highest BCUT2D eigenvalue weighted by molar-refractivity contribution is 5.54. The van der Waals surface area contributed by atoms with Crippen molar-refractivity contribution in [3.63, 3.8) is 0 Å². The molecule has 5 rings (SSSR count). The zero-order valence-corrected chi connectivity index (χ0v) is 18.1. The van der Waals surface area contributed by atoms with Crippen molar-refractivity contribution in [1.29, 1.82) is 0 Å². The maximum atomic E-state index is 6.33. The van der Waals surface area contributed by atoms with Crippen LogP contribution in [0, 0.1) is 0 Å². The summed E-state index contributed by atoms with van der Waals surface area (Å²) in [6, 6.07) is 23.2. The fourth-order valence-electron chi connectivity index (χ4n) is 4.91. The molecule has 4 heteroatoms. The first-order valence-electron chi connectivity index (χ1n) is 11.2. The van der Waals surface area contributed by atoms with Gasteiger partial charge in [-0.2, -0.15) is 0 Å². The molecule has 0 spiro atoms. The lowest BCUT2D eigenvalue weighted by Gasteiger charge is -2.37. The minimum Gasteiger partial charge on any atom is -0.457 e. The van der Waals surface area contributed by atoms with Gasteiger partial charge in [0.25, 0.3) is 0 Å². The van der Waals surface area contributed by atoms with E-state index in [2.05, 4.69) is 83.8 Å². The van der Waals surface area contributed by atoms with Crippen LogP contribution in [0.1, 0.15) is 43.4 Å². The quantitative estimate of drug-likeness (QED) is 0.492. The first-order chi connectivity index (χ1) is 15.2. The third kappa shape index (κ3) is 4.02. The zero-order chi connectivity index (χ0) is 21.1. The highest BCUT2D eigenvalue weighted by Crippen LogP contribution is 2.45. The molecule has 0 amide bonds. The molecule has 1 aliphatic carbocycles. The van der Waals surface area contributed by atoms with Gasteiger partial charge in [0.05, 0.1) is 12.4 Å². The molecule has 158 valence electrons. The minimum absolute atomic E-state index is 0.0222. The molecular formula is C27H29N3O. The van der Waals surface area contributed by atoms with Crippen LogP contribution in [0.25, 0.3) is 0 Å². The second-order valence-electron chi connectivity index (χ2n) is 8.65. The summed E-state index contributed by atoms with van der Waals surface area (Å²) in [7, 11) is 2.07. The molecule has 2 heterocycles. The molecule has 4 nitrogen and oxygen atoms in total. The van der Waals surface area contributed by atoms with E-state index in [1.807, 2.05) is 18.3 Å². The molecule has 0 unspecified atom stereocenters. The van der Waals surface area contributed by atoms with Gasteiger partial charge in [-0.15, -0.1) is 0 Å². The van der Waals surface area contributed by atoms with E-state index < -0.39 is 0 Å². The van der Waals surface area contributed by atoms with Gasteiger partial charge in [0.1, 0.15) is 11.5 Å². The van der Waals surface area contributed by atoms with Gasteiger partial charge in [0.2, 0.25) is 0 Å². The highest BCUT2D eigenvalue weighted by Gasteiger charge is 2.37. The van der Waals surface area contributed by atoms with Crippen molar-refractivity contribution in [1.82, 2.24) is 9.88 Å². The van der Waals surface area contributed by atoms with Crippen LogP contribution in [-0.4, -0.2) is 23.6 Å². The van der Waals surface area contributed by atoms with Gasteiger partial charge in [0.15, 0.2) is 0 Å². The van der Waals surface area contributed by atoms with E-state index in [1.54, 1.807) is 0 Å². The topological polar surface area (TPSA) is 28.6 Å². The van der Waals surface area contributed by atoms with Crippen molar-refractivity contribution >= 4 is 5.69 Å². The Labute approximate surface area is 184 Å². The van der Waals surface area contributed by atoms with E-state index in [0.29, 0.717) is 0 Å². The largest absolute Gasteiger partial charge is 0.457 e. The summed E-state index contributed by atoms with van der Waals surface area (Å²) < 4.78 is 6.33. The van der Waals surface area contributed by atoms with Gasteiger partial charge in [-0.05, 0) is 54.8 Å². The summed E-state index contributed by atoms with van der Waals surface area (Å²) in [5, 5.41) is 0. The first-order valence-corrected chi connectivity index (χ1v) is 11.2. The van der Waals surface area contributed by atoms with Crippen molar-refractivity contribution in [2.75, 3.05) is 18.6 Å². The molecule has 1 saturated carbocycles. The zero-order valence-electron chi connectivity index (χ0n) is 18.1. The summed E-state index contributed by atoms with van der Waals surface area (Å²) in [5.74, 6) is 1.73. The van der Waals surface area contributed by atoms with Crippen molar-refractivity contribution in [2.45, 2.75) is 37.5 Å². The van der Waals surface area contributed by atoms with Crippen LogP contribution in [0.3, 0.4) is 0 Å². The average molecular weight is 412 g/mol. The van der Waals surface area contributed by atoms with E-state index in [9.17, 15) is 0 Å². The third-order valence-corrected chi connectivity index (χ3v) is 6.51. The Kier molecular flexibility index (Phi) is 5.37. The molecule has 0 bridgehead atoms. The first kappa shape index (κ1) is 19.7. The number of benzene rings is 2. The molecule has 31 heavy (non-hydrogen) atoms. The van der Waals surface area contributed by atoms with E-state index in [0.717, 1.165) is 36.7 Å². The van der Waals surface area contributed by atoms with Crippen LogP contribution in [0.2, 0.25) is 0 Å². The molecule has 0 saturated heterocycles. The summed E-state index contributed by atoms with van der Waals surface area (Å²) in [6.07, 6.45) is 12.1. The number of hydrogen-bond acceptors (Lipinski definition) is 4. The molecule has 0 N–H and O–H groups in total. The Balaban J connectivity index is 1.43. The van der Waals surface area contributed by atoms with Crippen LogP contribution < -0.4 is 9.64 Å². The molecule has 1 fully saturated rings. The maximum Gasteiger partial charge on any atom is 0.129 e.